The molecule has 0 radical (unpaired) electrons. The second kappa shape index (κ2) is 11.2. The largest absolute Gasteiger partial charge is 0.369 e. The molecular weight excluding hydrogens is 429 g/mol. The second-order valence-electron chi connectivity index (χ2n) is 7.81. The van der Waals surface area contributed by atoms with Crippen molar-refractivity contribution in [2.24, 2.45) is 5.73 Å². The van der Waals surface area contributed by atoms with Gasteiger partial charge in [0, 0.05) is 24.8 Å². The standard InChI is InChI=1S/C27H26FN5O/c28-22-8-4-5-19(15-22)13-14-30-26-24(11-12-25(33-26)21-6-2-1-3-7-21)27(34)32-18-23-10-9-20(16-29)17-31-23/h1-12,15,17H,13-14,16,18,29H2,(H,30,33)(H,32,34). The molecule has 34 heavy (non-hydrogen) atoms. The van der Waals surface area contributed by atoms with E-state index < -0.39 is 0 Å². The lowest BCUT2D eigenvalue weighted by atomic mass is 10.1. The number of nitrogens with two attached hydrogens (primary N) is 1. The lowest BCUT2D eigenvalue weighted by Gasteiger charge is -2.13. The van der Waals surface area contributed by atoms with E-state index in [0.717, 1.165) is 28.1 Å². The number of rotatable bonds is 9. The first kappa shape index (κ1) is 23.1. The van der Waals surface area contributed by atoms with E-state index in [1.54, 1.807) is 18.3 Å². The van der Waals surface area contributed by atoms with Crippen molar-refractivity contribution < 1.29 is 9.18 Å². The molecule has 0 saturated carbocycles. The predicted octanol–water partition coefficient (Wildman–Crippen LogP) is 4.33. The number of benzene rings is 2. The number of amides is 1. The molecule has 0 unspecified atom stereocenters. The molecule has 4 N–H and O–H groups in total. The van der Waals surface area contributed by atoms with Crippen molar-refractivity contribution in [1.29, 1.82) is 0 Å². The van der Waals surface area contributed by atoms with Crippen LogP contribution in [0.1, 0.15) is 27.2 Å². The maximum absolute atomic E-state index is 13.5. The zero-order valence-electron chi connectivity index (χ0n) is 18.7. The topological polar surface area (TPSA) is 92.9 Å². The smallest absolute Gasteiger partial charge is 0.255 e. The fraction of sp³-hybridized carbons (Fsp3) is 0.148. The van der Waals surface area contributed by atoms with Crippen molar-refractivity contribution in [2.75, 3.05) is 11.9 Å². The van der Waals surface area contributed by atoms with Crippen LogP contribution in [0.25, 0.3) is 11.3 Å². The molecule has 172 valence electrons. The summed E-state index contributed by atoms with van der Waals surface area (Å²) in [6.07, 6.45) is 2.30. The van der Waals surface area contributed by atoms with Crippen LogP contribution >= 0.6 is 0 Å². The number of carbonyl (C=O) groups is 1. The fourth-order valence-corrected chi connectivity index (χ4v) is 3.51. The van der Waals surface area contributed by atoms with Gasteiger partial charge < -0.3 is 16.4 Å². The lowest BCUT2D eigenvalue weighted by molar-refractivity contribution is 0.0951. The summed E-state index contributed by atoms with van der Waals surface area (Å²) in [7, 11) is 0. The molecule has 0 aliphatic heterocycles. The number of nitrogens with one attached hydrogen (secondary N) is 2. The first-order chi connectivity index (χ1) is 16.6. The van der Waals surface area contributed by atoms with Gasteiger partial charge in [0.15, 0.2) is 0 Å². The summed E-state index contributed by atoms with van der Waals surface area (Å²) in [5.74, 6) is -0.0540. The Morgan fingerprint density at radius 3 is 2.53 bits per heavy atom. The Balaban J connectivity index is 1.51. The number of pyridine rings is 2. The van der Waals surface area contributed by atoms with Crippen molar-refractivity contribution in [3.63, 3.8) is 0 Å². The first-order valence-electron chi connectivity index (χ1n) is 11.1. The Hall–Kier alpha value is -4.10. The molecule has 2 heterocycles. The van der Waals surface area contributed by atoms with Crippen LogP contribution in [0.4, 0.5) is 10.2 Å². The fourth-order valence-electron chi connectivity index (χ4n) is 3.51. The molecule has 2 aromatic heterocycles. The van der Waals surface area contributed by atoms with Gasteiger partial charge in [0.05, 0.1) is 23.5 Å². The minimum Gasteiger partial charge on any atom is -0.369 e. The summed E-state index contributed by atoms with van der Waals surface area (Å²) in [6.45, 7) is 1.20. The van der Waals surface area contributed by atoms with Crippen molar-refractivity contribution in [3.05, 3.63) is 113 Å². The SMILES string of the molecule is NCc1ccc(CNC(=O)c2ccc(-c3ccccc3)nc2NCCc2cccc(F)c2)nc1. The van der Waals surface area contributed by atoms with Gasteiger partial charge in [0.25, 0.3) is 5.91 Å². The zero-order valence-corrected chi connectivity index (χ0v) is 18.7. The van der Waals surface area contributed by atoms with Crippen LogP contribution in [0.3, 0.4) is 0 Å². The van der Waals surface area contributed by atoms with Crippen LogP contribution in [0.15, 0.2) is 85.1 Å². The van der Waals surface area contributed by atoms with Crippen molar-refractivity contribution in [1.82, 2.24) is 15.3 Å². The summed E-state index contributed by atoms with van der Waals surface area (Å²) in [6, 6.07) is 23.6. The maximum atomic E-state index is 13.5. The van der Waals surface area contributed by atoms with Gasteiger partial charge >= 0.3 is 0 Å². The quantitative estimate of drug-likeness (QED) is 0.349. The van der Waals surface area contributed by atoms with Gasteiger partial charge in [-0.2, -0.15) is 0 Å². The van der Waals surface area contributed by atoms with Gasteiger partial charge in [0.1, 0.15) is 11.6 Å². The number of anilines is 1. The summed E-state index contributed by atoms with van der Waals surface area (Å²) in [5.41, 5.74) is 10.3. The van der Waals surface area contributed by atoms with Crippen molar-refractivity contribution in [2.45, 2.75) is 19.5 Å². The molecule has 7 heteroatoms. The molecule has 0 aliphatic carbocycles. The number of hydrogen-bond donors (Lipinski definition) is 3. The zero-order chi connectivity index (χ0) is 23.8. The highest BCUT2D eigenvalue weighted by atomic mass is 19.1. The summed E-state index contributed by atoms with van der Waals surface area (Å²) < 4.78 is 13.5. The van der Waals surface area contributed by atoms with Crippen LogP contribution in [-0.4, -0.2) is 22.4 Å². The second-order valence-corrected chi connectivity index (χ2v) is 7.81. The molecular formula is C27H26FN5O. The Kier molecular flexibility index (Phi) is 7.57. The van der Waals surface area contributed by atoms with Gasteiger partial charge in [-0.1, -0.05) is 48.5 Å². The number of hydrogen-bond acceptors (Lipinski definition) is 5. The van der Waals surface area contributed by atoms with Crippen LogP contribution < -0.4 is 16.4 Å². The Bertz CT molecular complexity index is 1250. The van der Waals surface area contributed by atoms with Gasteiger partial charge in [-0.15, -0.1) is 0 Å². The van der Waals surface area contributed by atoms with Gasteiger partial charge in [-0.05, 0) is 47.9 Å². The third-order valence-corrected chi connectivity index (χ3v) is 5.36. The van der Waals surface area contributed by atoms with Crippen molar-refractivity contribution in [3.8, 4) is 11.3 Å². The minimum absolute atomic E-state index is 0.259. The average Bonchev–Trinajstić information content (AvgIpc) is 2.88. The molecule has 1 amide bonds. The van der Waals surface area contributed by atoms with Crippen LogP contribution in [0, 0.1) is 5.82 Å². The Labute approximate surface area is 198 Å². The Morgan fingerprint density at radius 2 is 1.79 bits per heavy atom. The molecule has 4 rings (SSSR count). The van der Waals surface area contributed by atoms with E-state index in [4.69, 9.17) is 10.7 Å². The molecule has 0 spiro atoms. The van der Waals surface area contributed by atoms with Gasteiger partial charge in [0.2, 0.25) is 0 Å². The van der Waals surface area contributed by atoms with Crippen molar-refractivity contribution >= 4 is 11.7 Å². The van der Waals surface area contributed by atoms with Gasteiger partial charge in [-0.3, -0.25) is 9.78 Å². The lowest BCUT2D eigenvalue weighted by Crippen LogP contribution is -2.25. The normalized spacial score (nSPS) is 10.6. The molecule has 0 aliphatic rings. The van der Waals surface area contributed by atoms with Crippen LogP contribution in [0.2, 0.25) is 0 Å². The highest BCUT2D eigenvalue weighted by molar-refractivity contribution is 5.99. The van der Waals surface area contributed by atoms with E-state index in [2.05, 4.69) is 15.6 Å². The number of nitrogens with zero attached hydrogens (tertiary/aromatic N) is 2. The molecule has 2 aromatic carbocycles. The monoisotopic (exact) mass is 455 g/mol. The van der Waals surface area contributed by atoms with Crippen LogP contribution in [-0.2, 0) is 19.5 Å². The molecule has 6 nitrogen and oxygen atoms in total. The number of carbonyl (C=O) groups excluding carboxylic acids is 1. The average molecular weight is 456 g/mol. The molecule has 0 fully saturated rings. The van der Waals surface area contributed by atoms with Gasteiger partial charge in [-0.25, -0.2) is 9.37 Å². The Morgan fingerprint density at radius 1 is 0.941 bits per heavy atom. The summed E-state index contributed by atoms with van der Waals surface area (Å²) in [5, 5.41) is 6.17. The number of halogens is 1. The van der Waals surface area contributed by atoms with E-state index in [0.29, 0.717) is 30.9 Å². The third kappa shape index (κ3) is 6.02. The highest BCUT2D eigenvalue weighted by Gasteiger charge is 2.15. The van der Waals surface area contributed by atoms with E-state index in [1.165, 1.54) is 12.1 Å². The third-order valence-electron chi connectivity index (χ3n) is 5.36. The number of aromatic nitrogens is 2. The minimum atomic E-state index is -0.269. The van der Waals surface area contributed by atoms with E-state index in [9.17, 15) is 9.18 Å². The molecule has 0 atom stereocenters. The highest BCUT2D eigenvalue weighted by Crippen LogP contribution is 2.22. The molecule has 0 bridgehead atoms. The van der Waals surface area contributed by atoms with E-state index in [1.807, 2.05) is 54.6 Å². The van der Waals surface area contributed by atoms with E-state index in [-0.39, 0.29) is 18.3 Å². The summed E-state index contributed by atoms with van der Waals surface area (Å²) in [4.78, 5) is 22.0. The molecule has 0 saturated heterocycles. The predicted molar refractivity (Wildman–Crippen MR) is 132 cm³/mol. The first-order valence-corrected chi connectivity index (χ1v) is 11.1. The molecule has 4 aromatic rings. The summed E-state index contributed by atoms with van der Waals surface area (Å²) >= 11 is 0. The van der Waals surface area contributed by atoms with E-state index >= 15 is 0 Å². The maximum Gasteiger partial charge on any atom is 0.255 e. The van der Waals surface area contributed by atoms with Crippen LogP contribution in [0.5, 0.6) is 0 Å².